The van der Waals surface area contributed by atoms with E-state index in [-0.39, 0.29) is 12.1 Å². The molecule has 1 aliphatic heterocycles. The summed E-state index contributed by atoms with van der Waals surface area (Å²) in [7, 11) is 0. The fraction of sp³-hybridized carbons (Fsp3) is 0.619. The maximum Gasteiger partial charge on any atom is 0.410 e. The van der Waals surface area contributed by atoms with Crippen molar-refractivity contribution in [3.63, 3.8) is 0 Å². The Kier molecular flexibility index (Phi) is 6.46. The first kappa shape index (κ1) is 21.5. The van der Waals surface area contributed by atoms with Crippen molar-refractivity contribution in [2.45, 2.75) is 78.6 Å². The molecule has 1 aliphatic rings. The van der Waals surface area contributed by atoms with Gasteiger partial charge in [-0.15, -0.1) is 0 Å². The van der Waals surface area contributed by atoms with Crippen LogP contribution >= 0.6 is 11.6 Å². The third-order valence-electron chi connectivity index (χ3n) is 4.08. The number of benzene rings is 1. The van der Waals surface area contributed by atoms with Crippen molar-refractivity contribution < 1.29 is 19.1 Å². The molecule has 0 unspecified atom stereocenters. The minimum atomic E-state index is -0.513. The molecule has 0 bridgehead atoms. The first-order valence-corrected chi connectivity index (χ1v) is 9.72. The van der Waals surface area contributed by atoms with E-state index in [0.29, 0.717) is 37.4 Å². The van der Waals surface area contributed by atoms with Gasteiger partial charge in [-0.25, -0.2) is 4.79 Å². The van der Waals surface area contributed by atoms with Gasteiger partial charge in [0.1, 0.15) is 11.2 Å². The molecule has 27 heavy (non-hydrogen) atoms. The van der Waals surface area contributed by atoms with Gasteiger partial charge in [0.2, 0.25) is 0 Å². The first-order chi connectivity index (χ1) is 12.4. The summed E-state index contributed by atoms with van der Waals surface area (Å²) in [5.41, 5.74) is 2.02. The van der Waals surface area contributed by atoms with Gasteiger partial charge in [0.25, 0.3) is 0 Å². The minimum absolute atomic E-state index is 0.229. The van der Waals surface area contributed by atoms with Crippen molar-refractivity contribution in [1.82, 2.24) is 4.90 Å². The Morgan fingerprint density at radius 3 is 2.30 bits per heavy atom. The van der Waals surface area contributed by atoms with Crippen LogP contribution < -0.4 is 0 Å². The zero-order valence-corrected chi connectivity index (χ0v) is 17.9. The molecule has 0 saturated carbocycles. The van der Waals surface area contributed by atoms with Crippen LogP contribution in [-0.2, 0) is 33.7 Å². The molecule has 0 aromatic heterocycles. The Balaban J connectivity index is 2.03. The van der Waals surface area contributed by atoms with Gasteiger partial charge in [-0.3, -0.25) is 4.79 Å². The molecule has 0 fully saturated rings. The molecule has 0 atom stereocenters. The standard InChI is InChI=1S/C21H30ClNO4/c1-20(2,3)26-17(24)10-9-14-7-8-15-13-23(12-11-16(15)18(14)22)19(25)27-21(4,5)6/h7-8H,9-13H2,1-6H3. The summed E-state index contributed by atoms with van der Waals surface area (Å²) in [6, 6.07) is 3.92. The highest BCUT2D eigenvalue weighted by Crippen LogP contribution is 2.31. The second kappa shape index (κ2) is 8.09. The normalized spacial score (nSPS) is 14.6. The van der Waals surface area contributed by atoms with Crippen molar-refractivity contribution >= 4 is 23.7 Å². The van der Waals surface area contributed by atoms with E-state index in [1.54, 1.807) is 4.90 Å². The van der Waals surface area contributed by atoms with Crippen LogP contribution in [-0.4, -0.2) is 34.7 Å². The lowest BCUT2D eigenvalue weighted by Crippen LogP contribution is -2.40. The fourth-order valence-corrected chi connectivity index (χ4v) is 3.34. The Bertz CT molecular complexity index is 716. The number of amides is 1. The van der Waals surface area contributed by atoms with Crippen LogP contribution in [0, 0.1) is 0 Å². The van der Waals surface area contributed by atoms with Gasteiger partial charge in [-0.1, -0.05) is 23.7 Å². The van der Waals surface area contributed by atoms with Crippen LogP contribution in [0.4, 0.5) is 4.79 Å². The Hall–Kier alpha value is -1.75. The van der Waals surface area contributed by atoms with Crippen molar-refractivity contribution in [2.75, 3.05) is 6.54 Å². The lowest BCUT2D eigenvalue weighted by atomic mass is 9.95. The third-order valence-corrected chi connectivity index (χ3v) is 4.55. The zero-order chi connectivity index (χ0) is 20.4. The van der Waals surface area contributed by atoms with Gasteiger partial charge in [0.05, 0.1) is 0 Å². The molecular weight excluding hydrogens is 366 g/mol. The smallest absolute Gasteiger partial charge is 0.410 e. The molecule has 0 spiro atoms. The highest BCUT2D eigenvalue weighted by Gasteiger charge is 2.27. The molecule has 0 saturated heterocycles. The summed E-state index contributed by atoms with van der Waals surface area (Å²) in [5, 5.41) is 0.694. The first-order valence-electron chi connectivity index (χ1n) is 9.34. The number of carbonyl (C=O) groups excluding carboxylic acids is 2. The van der Waals surface area contributed by atoms with Gasteiger partial charge < -0.3 is 14.4 Å². The van der Waals surface area contributed by atoms with Crippen LogP contribution in [0.2, 0.25) is 5.02 Å². The fourth-order valence-electron chi connectivity index (χ4n) is 2.96. The summed E-state index contributed by atoms with van der Waals surface area (Å²) < 4.78 is 10.8. The van der Waals surface area contributed by atoms with Gasteiger partial charge in [0.15, 0.2) is 0 Å². The monoisotopic (exact) mass is 395 g/mol. The van der Waals surface area contributed by atoms with Crippen LogP contribution in [0.5, 0.6) is 0 Å². The topological polar surface area (TPSA) is 55.8 Å². The summed E-state index contributed by atoms with van der Waals surface area (Å²) >= 11 is 6.59. The number of hydrogen-bond donors (Lipinski definition) is 0. The van der Waals surface area contributed by atoms with Crippen molar-refractivity contribution in [1.29, 1.82) is 0 Å². The van der Waals surface area contributed by atoms with E-state index in [0.717, 1.165) is 16.7 Å². The summed E-state index contributed by atoms with van der Waals surface area (Å²) in [4.78, 5) is 25.9. The molecule has 5 nitrogen and oxygen atoms in total. The third kappa shape index (κ3) is 6.42. The second-order valence-corrected chi connectivity index (χ2v) is 9.29. The van der Waals surface area contributed by atoms with Gasteiger partial charge in [0, 0.05) is 24.5 Å². The number of halogens is 1. The number of hydrogen-bond acceptors (Lipinski definition) is 4. The number of aryl methyl sites for hydroxylation is 1. The maximum absolute atomic E-state index is 12.3. The summed E-state index contributed by atoms with van der Waals surface area (Å²) in [5.74, 6) is -0.229. The number of rotatable bonds is 3. The Labute approximate surface area is 167 Å². The maximum atomic E-state index is 12.3. The molecule has 150 valence electrons. The van der Waals surface area contributed by atoms with Gasteiger partial charge >= 0.3 is 12.1 Å². The molecule has 0 N–H and O–H groups in total. The van der Waals surface area contributed by atoms with E-state index in [4.69, 9.17) is 21.1 Å². The molecule has 6 heteroatoms. The van der Waals surface area contributed by atoms with Crippen LogP contribution in [0.3, 0.4) is 0 Å². The number of carbonyl (C=O) groups is 2. The molecule has 1 aromatic rings. The molecule has 1 aromatic carbocycles. The largest absolute Gasteiger partial charge is 0.460 e. The zero-order valence-electron chi connectivity index (χ0n) is 17.1. The molecule has 1 amide bonds. The van der Waals surface area contributed by atoms with E-state index in [9.17, 15) is 9.59 Å². The highest BCUT2D eigenvalue weighted by atomic mass is 35.5. The average Bonchev–Trinajstić information content (AvgIpc) is 2.50. The Morgan fingerprint density at radius 1 is 1.07 bits per heavy atom. The number of ether oxygens (including phenoxy) is 2. The molecule has 2 rings (SSSR count). The molecule has 0 radical (unpaired) electrons. The van der Waals surface area contributed by atoms with Crippen LogP contribution in [0.25, 0.3) is 0 Å². The van der Waals surface area contributed by atoms with Gasteiger partial charge in [-0.05, 0) is 71.1 Å². The molecule has 1 heterocycles. The van der Waals surface area contributed by atoms with E-state index in [1.807, 2.05) is 53.7 Å². The Morgan fingerprint density at radius 2 is 1.70 bits per heavy atom. The number of nitrogens with zero attached hydrogens (tertiary/aromatic N) is 1. The quantitative estimate of drug-likeness (QED) is 0.682. The van der Waals surface area contributed by atoms with E-state index < -0.39 is 11.2 Å². The van der Waals surface area contributed by atoms with Crippen molar-refractivity contribution in [3.8, 4) is 0 Å². The van der Waals surface area contributed by atoms with E-state index >= 15 is 0 Å². The minimum Gasteiger partial charge on any atom is -0.460 e. The van der Waals surface area contributed by atoms with E-state index in [1.165, 1.54) is 0 Å². The van der Waals surface area contributed by atoms with Crippen molar-refractivity contribution in [3.05, 3.63) is 33.8 Å². The SMILES string of the molecule is CC(C)(C)OC(=O)CCc1ccc2c(c1Cl)CCN(C(=O)OC(C)(C)C)C2. The molecule has 0 aliphatic carbocycles. The predicted molar refractivity (Wildman–Crippen MR) is 106 cm³/mol. The summed E-state index contributed by atoms with van der Waals surface area (Å²) in [6.45, 7) is 12.2. The number of fused-ring (bicyclic) bond motifs is 1. The highest BCUT2D eigenvalue weighted by molar-refractivity contribution is 6.32. The molecular formula is C21H30ClNO4. The predicted octanol–water partition coefficient (Wildman–Crippen LogP) is 4.91. The van der Waals surface area contributed by atoms with Crippen LogP contribution in [0.1, 0.15) is 64.7 Å². The average molecular weight is 396 g/mol. The van der Waals surface area contributed by atoms with Gasteiger partial charge in [-0.2, -0.15) is 0 Å². The van der Waals surface area contributed by atoms with E-state index in [2.05, 4.69) is 0 Å². The second-order valence-electron chi connectivity index (χ2n) is 8.91. The number of esters is 1. The summed E-state index contributed by atoms with van der Waals surface area (Å²) in [6.07, 6.45) is 1.20. The lowest BCUT2D eigenvalue weighted by molar-refractivity contribution is -0.154. The lowest BCUT2D eigenvalue weighted by Gasteiger charge is -2.32. The van der Waals surface area contributed by atoms with Crippen LogP contribution in [0.15, 0.2) is 12.1 Å². The van der Waals surface area contributed by atoms with Crippen molar-refractivity contribution in [2.24, 2.45) is 0 Å².